The van der Waals surface area contributed by atoms with Gasteiger partial charge < -0.3 is 5.73 Å². The normalized spacial score (nSPS) is 8.25. The van der Waals surface area contributed by atoms with Crippen molar-refractivity contribution in [3.8, 4) is 0 Å². The van der Waals surface area contributed by atoms with Crippen LogP contribution in [0.25, 0.3) is 0 Å². The van der Waals surface area contributed by atoms with Gasteiger partial charge in [-0.15, -0.1) is 24.8 Å². The van der Waals surface area contributed by atoms with E-state index in [0.717, 1.165) is 11.3 Å². The summed E-state index contributed by atoms with van der Waals surface area (Å²) in [7, 11) is 0. The third kappa shape index (κ3) is 4.12. The van der Waals surface area contributed by atoms with Gasteiger partial charge in [-0.05, 0) is 24.6 Å². The quantitative estimate of drug-likeness (QED) is 0.751. The minimum absolute atomic E-state index is 0. The number of nitrogens with two attached hydrogens (primary N) is 1. The predicted octanol–water partition coefficient (Wildman–Crippen LogP) is 2.35. The Morgan fingerprint density at radius 1 is 1.42 bits per heavy atom. The molecule has 0 bridgehead atoms. The Labute approximate surface area is 89.3 Å². The average molecular weight is 230 g/mol. The first-order valence-corrected chi connectivity index (χ1v) is 3.43. The van der Waals surface area contributed by atoms with Gasteiger partial charge in [-0.1, -0.05) is 11.6 Å². The van der Waals surface area contributed by atoms with Crippen molar-refractivity contribution in [1.82, 2.24) is 4.98 Å². The van der Waals surface area contributed by atoms with Gasteiger partial charge in [0, 0.05) is 6.54 Å². The zero-order chi connectivity index (χ0) is 7.56. The van der Waals surface area contributed by atoms with Crippen LogP contribution in [0, 0.1) is 6.92 Å². The average Bonchev–Trinajstić information content (AvgIpc) is 1.85. The summed E-state index contributed by atoms with van der Waals surface area (Å²) in [5.74, 6) is 0. The monoisotopic (exact) mass is 228 g/mol. The summed E-state index contributed by atoms with van der Waals surface area (Å²) >= 11 is 5.66. The second-order valence-electron chi connectivity index (χ2n) is 2.16. The van der Waals surface area contributed by atoms with Gasteiger partial charge in [-0.2, -0.15) is 0 Å². The Morgan fingerprint density at radius 2 is 2.00 bits per heavy atom. The van der Waals surface area contributed by atoms with E-state index in [9.17, 15) is 0 Å². The number of hydrogen-bond donors (Lipinski definition) is 1. The zero-order valence-electron chi connectivity index (χ0n) is 6.58. The Bertz CT molecular complexity index is 220. The molecular weight excluding hydrogens is 218 g/mol. The fraction of sp³-hybridized carbons (Fsp3) is 0.286. The zero-order valence-corrected chi connectivity index (χ0v) is 8.97. The third-order valence-corrected chi connectivity index (χ3v) is 1.39. The van der Waals surface area contributed by atoms with Gasteiger partial charge in [0.2, 0.25) is 0 Å². The molecule has 70 valence electrons. The topological polar surface area (TPSA) is 38.9 Å². The number of hydrogen-bond acceptors (Lipinski definition) is 2. The van der Waals surface area contributed by atoms with Crippen molar-refractivity contribution in [1.29, 1.82) is 0 Å². The maximum Gasteiger partial charge on any atom is 0.129 e. The van der Waals surface area contributed by atoms with Gasteiger partial charge in [0.15, 0.2) is 0 Å². The summed E-state index contributed by atoms with van der Waals surface area (Å²) < 4.78 is 0. The van der Waals surface area contributed by atoms with Gasteiger partial charge in [-0.25, -0.2) is 4.98 Å². The SMILES string of the molecule is Cc1cc(Cl)nc(CN)c1.Cl.Cl. The molecule has 0 saturated carbocycles. The van der Waals surface area contributed by atoms with Gasteiger partial charge in [-0.3, -0.25) is 0 Å². The highest BCUT2D eigenvalue weighted by molar-refractivity contribution is 6.29. The van der Waals surface area contributed by atoms with Crippen LogP contribution in [0.3, 0.4) is 0 Å². The first kappa shape index (κ1) is 14.5. The standard InChI is InChI=1S/C7H9ClN2.2ClH/c1-5-2-6(4-9)10-7(8)3-5;;/h2-3H,4,9H2,1H3;2*1H. The number of pyridine rings is 1. The van der Waals surface area contributed by atoms with E-state index in [2.05, 4.69) is 4.98 Å². The Hall–Kier alpha value is -0.0200. The van der Waals surface area contributed by atoms with Gasteiger partial charge >= 0.3 is 0 Å². The van der Waals surface area contributed by atoms with Gasteiger partial charge in [0.1, 0.15) is 5.15 Å². The van der Waals surface area contributed by atoms with E-state index in [1.807, 2.05) is 13.0 Å². The molecule has 1 heterocycles. The van der Waals surface area contributed by atoms with Crippen LogP contribution in [0.1, 0.15) is 11.3 Å². The molecule has 1 aromatic heterocycles. The predicted molar refractivity (Wildman–Crippen MR) is 56.4 cm³/mol. The molecule has 12 heavy (non-hydrogen) atoms. The van der Waals surface area contributed by atoms with Crippen LogP contribution in [0.4, 0.5) is 0 Å². The smallest absolute Gasteiger partial charge is 0.129 e. The van der Waals surface area contributed by atoms with Crippen LogP contribution >= 0.6 is 36.4 Å². The lowest BCUT2D eigenvalue weighted by atomic mass is 10.2. The minimum atomic E-state index is 0. The van der Waals surface area contributed by atoms with E-state index >= 15 is 0 Å². The van der Waals surface area contributed by atoms with Crippen LogP contribution in [0.15, 0.2) is 12.1 Å². The van der Waals surface area contributed by atoms with Crippen molar-refractivity contribution in [3.63, 3.8) is 0 Å². The fourth-order valence-corrected chi connectivity index (χ4v) is 1.08. The molecule has 0 aromatic carbocycles. The molecule has 2 nitrogen and oxygen atoms in total. The van der Waals surface area contributed by atoms with Crippen molar-refractivity contribution in [2.24, 2.45) is 5.73 Å². The van der Waals surface area contributed by atoms with Crippen LogP contribution in [-0.2, 0) is 6.54 Å². The van der Waals surface area contributed by atoms with E-state index < -0.39 is 0 Å². The summed E-state index contributed by atoms with van der Waals surface area (Å²) in [6, 6.07) is 3.73. The molecule has 0 amide bonds. The van der Waals surface area contributed by atoms with Crippen LogP contribution in [-0.4, -0.2) is 4.98 Å². The van der Waals surface area contributed by atoms with Crippen molar-refractivity contribution < 1.29 is 0 Å². The first-order valence-electron chi connectivity index (χ1n) is 3.05. The molecule has 0 spiro atoms. The van der Waals surface area contributed by atoms with Crippen molar-refractivity contribution in [2.45, 2.75) is 13.5 Å². The molecule has 0 aliphatic carbocycles. The Morgan fingerprint density at radius 3 is 2.42 bits per heavy atom. The summed E-state index contributed by atoms with van der Waals surface area (Å²) in [5.41, 5.74) is 7.30. The molecule has 0 saturated heterocycles. The molecule has 1 aromatic rings. The summed E-state index contributed by atoms with van der Waals surface area (Å²) in [5, 5.41) is 0.514. The van der Waals surface area contributed by atoms with Crippen molar-refractivity contribution in [2.75, 3.05) is 0 Å². The van der Waals surface area contributed by atoms with Crippen molar-refractivity contribution >= 4 is 36.4 Å². The molecule has 2 N–H and O–H groups in total. The summed E-state index contributed by atoms with van der Waals surface area (Å²) in [6.45, 7) is 2.41. The maximum absolute atomic E-state index is 5.66. The van der Waals surface area contributed by atoms with Gasteiger partial charge in [0.05, 0.1) is 5.69 Å². The molecular formula is C7H11Cl3N2. The molecule has 0 aliphatic rings. The highest BCUT2D eigenvalue weighted by Crippen LogP contribution is 2.08. The lowest BCUT2D eigenvalue weighted by Gasteiger charge is -1.97. The molecule has 5 heteroatoms. The number of nitrogens with zero attached hydrogens (tertiary/aromatic N) is 1. The van der Waals surface area contributed by atoms with E-state index in [4.69, 9.17) is 17.3 Å². The van der Waals surface area contributed by atoms with E-state index in [0.29, 0.717) is 11.7 Å². The fourth-order valence-electron chi connectivity index (χ4n) is 0.799. The van der Waals surface area contributed by atoms with Crippen LogP contribution in [0.2, 0.25) is 5.15 Å². The second kappa shape index (κ2) is 6.49. The third-order valence-electron chi connectivity index (χ3n) is 1.20. The minimum Gasteiger partial charge on any atom is -0.325 e. The first-order chi connectivity index (χ1) is 4.72. The molecule has 0 unspecified atom stereocenters. The molecule has 1 rings (SSSR count). The summed E-state index contributed by atoms with van der Waals surface area (Å²) in [4.78, 5) is 3.99. The van der Waals surface area contributed by atoms with E-state index in [1.54, 1.807) is 6.07 Å². The molecule has 0 aliphatic heterocycles. The number of rotatable bonds is 1. The largest absolute Gasteiger partial charge is 0.325 e. The highest BCUT2D eigenvalue weighted by Gasteiger charge is 1.94. The van der Waals surface area contributed by atoms with E-state index in [1.165, 1.54) is 0 Å². The Balaban J connectivity index is 0. The molecule has 0 atom stereocenters. The van der Waals surface area contributed by atoms with Crippen molar-refractivity contribution in [3.05, 3.63) is 28.5 Å². The maximum atomic E-state index is 5.66. The second-order valence-corrected chi connectivity index (χ2v) is 2.55. The number of aryl methyl sites for hydroxylation is 1. The lowest BCUT2D eigenvalue weighted by Crippen LogP contribution is -1.99. The summed E-state index contributed by atoms with van der Waals surface area (Å²) in [6.07, 6.45) is 0. The molecule has 0 fully saturated rings. The number of halogens is 3. The van der Waals surface area contributed by atoms with Gasteiger partial charge in [0.25, 0.3) is 0 Å². The number of aromatic nitrogens is 1. The van der Waals surface area contributed by atoms with Crippen LogP contribution < -0.4 is 5.73 Å². The van der Waals surface area contributed by atoms with Crippen LogP contribution in [0.5, 0.6) is 0 Å². The highest BCUT2D eigenvalue weighted by atomic mass is 35.5. The Kier molecular flexibility index (Phi) is 7.84. The molecule has 0 radical (unpaired) electrons. The lowest BCUT2D eigenvalue weighted by molar-refractivity contribution is 0.985. The van der Waals surface area contributed by atoms with E-state index in [-0.39, 0.29) is 24.8 Å².